The lowest BCUT2D eigenvalue weighted by Crippen LogP contribution is -2.39. The molecular weight excluding hydrogens is 242 g/mol. The summed E-state index contributed by atoms with van der Waals surface area (Å²) in [7, 11) is 3.62. The van der Waals surface area contributed by atoms with Crippen LogP contribution in [-0.2, 0) is 4.74 Å². The number of nitrogens with zero attached hydrogens (tertiary/aromatic N) is 1. The number of likely N-dealkylation sites (N-methyl/N-ethyl adjacent to an activating group) is 1. The average molecular weight is 263 g/mol. The third-order valence-electron chi connectivity index (χ3n) is 3.60. The molecule has 0 radical (unpaired) electrons. The fraction of sp³-hybridized carbons (Fsp3) is 0.533. The van der Waals surface area contributed by atoms with Crippen LogP contribution in [0.5, 0.6) is 5.75 Å². The van der Waals surface area contributed by atoms with Crippen molar-refractivity contribution in [1.29, 1.82) is 0 Å². The number of hydrogen-bond donors (Lipinski definition) is 0. The van der Waals surface area contributed by atoms with Crippen LogP contribution < -0.4 is 4.74 Å². The lowest BCUT2D eigenvalue weighted by Gasteiger charge is -2.30. The zero-order chi connectivity index (χ0) is 13.7. The zero-order valence-corrected chi connectivity index (χ0v) is 11.6. The summed E-state index contributed by atoms with van der Waals surface area (Å²) >= 11 is 0. The molecule has 104 valence electrons. The quantitative estimate of drug-likeness (QED) is 0.762. The lowest BCUT2D eigenvalue weighted by atomic mass is 10.1. The summed E-state index contributed by atoms with van der Waals surface area (Å²) in [6.07, 6.45) is 2.00. The number of carbonyl (C=O) groups excluding carboxylic acids is 1. The van der Waals surface area contributed by atoms with E-state index in [0.29, 0.717) is 18.2 Å². The fourth-order valence-corrected chi connectivity index (χ4v) is 2.37. The van der Waals surface area contributed by atoms with Gasteiger partial charge in [-0.05, 0) is 32.0 Å². The van der Waals surface area contributed by atoms with Crippen molar-refractivity contribution in [3.8, 4) is 5.75 Å². The monoisotopic (exact) mass is 263 g/mol. The molecule has 0 aromatic heterocycles. The first-order valence-electron chi connectivity index (χ1n) is 6.66. The van der Waals surface area contributed by atoms with E-state index in [2.05, 4.69) is 4.90 Å². The Bertz CT molecular complexity index is 427. The van der Waals surface area contributed by atoms with Crippen molar-refractivity contribution in [2.45, 2.75) is 18.9 Å². The largest absolute Gasteiger partial charge is 0.497 e. The van der Waals surface area contributed by atoms with Crippen LogP contribution in [0.15, 0.2) is 24.3 Å². The van der Waals surface area contributed by atoms with Crippen molar-refractivity contribution in [1.82, 2.24) is 4.90 Å². The molecule has 0 unspecified atom stereocenters. The topological polar surface area (TPSA) is 38.8 Å². The maximum absolute atomic E-state index is 12.2. The maximum atomic E-state index is 12.2. The first-order valence-corrected chi connectivity index (χ1v) is 6.66. The molecule has 0 bridgehead atoms. The number of ketones is 1. The molecule has 0 atom stereocenters. The van der Waals surface area contributed by atoms with E-state index >= 15 is 0 Å². The molecule has 0 aliphatic carbocycles. The highest BCUT2D eigenvalue weighted by Gasteiger charge is 2.20. The minimum absolute atomic E-state index is 0.132. The van der Waals surface area contributed by atoms with Gasteiger partial charge >= 0.3 is 0 Å². The van der Waals surface area contributed by atoms with Crippen molar-refractivity contribution in [2.24, 2.45) is 0 Å². The minimum Gasteiger partial charge on any atom is -0.497 e. The van der Waals surface area contributed by atoms with Crippen molar-refractivity contribution in [2.75, 3.05) is 33.9 Å². The van der Waals surface area contributed by atoms with Gasteiger partial charge in [-0.1, -0.05) is 12.1 Å². The molecule has 1 heterocycles. The van der Waals surface area contributed by atoms with E-state index in [4.69, 9.17) is 9.47 Å². The second kappa shape index (κ2) is 6.68. The van der Waals surface area contributed by atoms with Gasteiger partial charge in [-0.2, -0.15) is 0 Å². The first kappa shape index (κ1) is 14.0. The predicted molar refractivity (Wildman–Crippen MR) is 73.8 cm³/mol. The molecule has 1 aromatic rings. The van der Waals surface area contributed by atoms with Crippen LogP contribution in [0.25, 0.3) is 0 Å². The van der Waals surface area contributed by atoms with E-state index in [0.717, 1.165) is 31.8 Å². The van der Waals surface area contributed by atoms with Gasteiger partial charge in [0.2, 0.25) is 0 Å². The summed E-state index contributed by atoms with van der Waals surface area (Å²) in [4.78, 5) is 14.4. The highest BCUT2D eigenvalue weighted by molar-refractivity contribution is 5.97. The molecular formula is C15H21NO3. The van der Waals surface area contributed by atoms with E-state index in [1.54, 1.807) is 13.2 Å². The molecule has 1 aromatic carbocycles. The average Bonchev–Trinajstić information content (AvgIpc) is 2.48. The normalized spacial score (nSPS) is 16.6. The van der Waals surface area contributed by atoms with Crippen LogP contribution in [0.3, 0.4) is 0 Å². The van der Waals surface area contributed by atoms with Gasteiger partial charge in [0, 0.05) is 24.8 Å². The molecule has 1 aliphatic rings. The Morgan fingerprint density at radius 3 is 2.84 bits per heavy atom. The lowest BCUT2D eigenvalue weighted by molar-refractivity contribution is 0.0418. The second-order valence-electron chi connectivity index (χ2n) is 4.91. The van der Waals surface area contributed by atoms with Crippen LogP contribution in [0.1, 0.15) is 23.2 Å². The summed E-state index contributed by atoms with van der Waals surface area (Å²) < 4.78 is 10.5. The maximum Gasteiger partial charge on any atom is 0.176 e. The Morgan fingerprint density at radius 1 is 1.42 bits per heavy atom. The van der Waals surface area contributed by atoms with Crippen LogP contribution in [0.4, 0.5) is 0 Å². The summed E-state index contributed by atoms with van der Waals surface area (Å²) in [6.45, 7) is 2.03. The van der Waals surface area contributed by atoms with Gasteiger partial charge in [0.25, 0.3) is 0 Å². The molecule has 0 spiro atoms. The molecule has 2 rings (SSSR count). The number of carbonyl (C=O) groups is 1. The minimum atomic E-state index is 0.132. The molecule has 4 nitrogen and oxygen atoms in total. The molecule has 1 saturated heterocycles. The molecule has 0 amide bonds. The number of benzene rings is 1. The van der Waals surface area contributed by atoms with Crippen molar-refractivity contribution < 1.29 is 14.3 Å². The van der Waals surface area contributed by atoms with Crippen molar-refractivity contribution >= 4 is 5.78 Å². The van der Waals surface area contributed by atoms with E-state index in [1.165, 1.54) is 0 Å². The second-order valence-corrected chi connectivity index (χ2v) is 4.91. The van der Waals surface area contributed by atoms with Crippen LogP contribution in [-0.4, -0.2) is 50.6 Å². The van der Waals surface area contributed by atoms with E-state index in [1.807, 2.05) is 25.2 Å². The molecule has 1 fully saturated rings. The standard InChI is InChI=1S/C15H21NO3/c1-16(13-6-8-19-9-7-13)11-15(17)12-4-3-5-14(10-12)18-2/h3-5,10,13H,6-9,11H2,1-2H3. The van der Waals surface area contributed by atoms with Gasteiger partial charge in [-0.3, -0.25) is 9.69 Å². The van der Waals surface area contributed by atoms with Crippen molar-refractivity contribution in [3.05, 3.63) is 29.8 Å². The van der Waals surface area contributed by atoms with E-state index in [9.17, 15) is 4.79 Å². The summed E-state index contributed by atoms with van der Waals surface area (Å²) in [5.41, 5.74) is 0.707. The summed E-state index contributed by atoms with van der Waals surface area (Å²) in [5.74, 6) is 0.854. The van der Waals surface area contributed by atoms with Gasteiger partial charge < -0.3 is 9.47 Å². The Morgan fingerprint density at radius 2 is 2.16 bits per heavy atom. The smallest absolute Gasteiger partial charge is 0.176 e. The van der Waals surface area contributed by atoms with Crippen molar-refractivity contribution in [3.63, 3.8) is 0 Å². The SMILES string of the molecule is COc1cccc(C(=O)CN(C)C2CCOCC2)c1. The Hall–Kier alpha value is -1.39. The Kier molecular flexibility index (Phi) is 4.93. The highest BCUT2D eigenvalue weighted by atomic mass is 16.5. The van der Waals surface area contributed by atoms with Gasteiger partial charge in [-0.25, -0.2) is 0 Å². The summed E-state index contributed by atoms with van der Waals surface area (Å²) in [6, 6.07) is 7.77. The van der Waals surface area contributed by atoms with Crippen LogP contribution >= 0.6 is 0 Å². The van der Waals surface area contributed by atoms with Crippen LogP contribution in [0.2, 0.25) is 0 Å². The van der Waals surface area contributed by atoms with Gasteiger partial charge in [0.1, 0.15) is 5.75 Å². The van der Waals surface area contributed by atoms with Gasteiger partial charge in [0.05, 0.1) is 13.7 Å². The third kappa shape index (κ3) is 3.78. The Balaban J connectivity index is 1.95. The molecule has 0 saturated carbocycles. The molecule has 19 heavy (non-hydrogen) atoms. The Labute approximate surface area is 114 Å². The number of methoxy groups -OCH3 is 1. The number of hydrogen-bond acceptors (Lipinski definition) is 4. The van der Waals surface area contributed by atoms with Gasteiger partial charge in [0.15, 0.2) is 5.78 Å². The van der Waals surface area contributed by atoms with Crippen LogP contribution in [0, 0.1) is 0 Å². The van der Waals surface area contributed by atoms with E-state index < -0.39 is 0 Å². The zero-order valence-electron chi connectivity index (χ0n) is 11.6. The number of rotatable bonds is 5. The van der Waals surface area contributed by atoms with Gasteiger partial charge in [-0.15, -0.1) is 0 Å². The highest BCUT2D eigenvalue weighted by Crippen LogP contribution is 2.16. The molecule has 4 heteroatoms. The van der Waals surface area contributed by atoms with E-state index in [-0.39, 0.29) is 5.78 Å². The number of Topliss-reactive ketones (excluding diaryl/α,β-unsaturated/α-hetero) is 1. The predicted octanol–water partition coefficient (Wildman–Crippen LogP) is 1.99. The fourth-order valence-electron chi connectivity index (χ4n) is 2.37. The third-order valence-corrected chi connectivity index (χ3v) is 3.60. The molecule has 1 aliphatic heterocycles. The summed E-state index contributed by atoms with van der Waals surface area (Å²) in [5, 5.41) is 0. The number of ether oxygens (including phenoxy) is 2. The first-order chi connectivity index (χ1) is 9.20. The molecule has 0 N–H and O–H groups in total.